The van der Waals surface area contributed by atoms with Gasteiger partial charge in [0.05, 0.1) is 6.42 Å². The van der Waals surface area contributed by atoms with E-state index in [1.54, 1.807) is 36.4 Å². The van der Waals surface area contributed by atoms with Crippen molar-refractivity contribution in [3.8, 4) is 0 Å². The summed E-state index contributed by atoms with van der Waals surface area (Å²) in [5.41, 5.74) is 1.07. The number of carbonyl (C=O) groups excluding carboxylic acids is 3. The highest BCUT2D eigenvalue weighted by atomic mass is 35.5. The van der Waals surface area contributed by atoms with Gasteiger partial charge in [-0.15, -0.1) is 11.8 Å². The molecule has 0 saturated heterocycles. The lowest BCUT2D eigenvalue weighted by molar-refractivity contribution is -0.146. The minimum absolute atomic E-state index is 0.193. The number of hydrogen-bond acceptors (Lipinski definition) is 5. The van der Waals surface area contributed by atoms with Gasteiger partial charge in [0, 0.05) is 34.0 Å². The normalized spacial score (nSPS) is 10.1. The zero-order chi connectivity index (χ0) is 19.6. The first-order chi connectivity index (χ1) is 12.9. The van der Waals surface area contributed by atoms with Crippen LogP contribution in [0.4, 0.5) is 11.4 Å². The highest BCUT2D eigenvalue weighted by Crippen LogP contribution is 2.21. The number of nitrogens with one attached hydrogen (secondary N) is 2. The van der Waals surface area contributed by atoms with E-state index in [0.29, 0.717) is 22.2 Å². The van der Waals surface area contributed by atoms with E-state index in [1.807, 2.05) is 12.1 Å². The van der Waals surface area contributed by atoms with Crippen LogP contribution in [0.5, 0.6) is 0 Å². The molecule has 0 heterocycles. The highest BCUT2D eigenvalue weighted by molar-refractivity contribution is 7.99. The Morgan fingerprint density at radius 2 is 1.70 bits per heavy atom. The number of ether oxygens (including phenoxy) is 1. The van der Waals surface area contributed by atoms with Gasteiger partial charge in [-0.25, -0.2) is 0 Å². The molecule has 0 aliphatic heterocycles. The number of anilines is 2. The Morgan fingerprint density at radius 1 is 1.04 bits per heavy atom. The molecule has 0 spiro atoms. The van der Waals surface area contributed by atoms with Crippen molar-refractivity contribution in [3.63, 3.8) is 0 Å². The molecule has 2 aromatic carbocycles. The second-order valence-electron chi connectivity index (χ2n) is 5.52. The molecule has 0 saturated carbocycles. The van der Waals surface area contributed by atoms with E-state index in [0.717, 1.165) is 4.90 Å². The summed E-state index contributed by atoms with van der Waals surface area (Å²) in [6.45, 7) is 1.03. The number of carbonyl (C=O) groups is 3. The number of esters is 1. The third-order valence-electron chi connectivity index (χ3n) is 3.22. The first-order valence-corrected chi connectivity index (χ1v) is 9.50. The Kier molecular flexibility index (Phi) is 8.16. The van der Waals surface area contributed by atoms with Gasteiger partial charge in [0.15, 0.2) is 6.61 Å². The van der Waals surface area contributed by atoms with Gasteiger partial charge in [0.2, 0.25) is 5.91 Å². The van der Waals surface area contributed by atoms with Crippen LogP contribution in [0, 0.1) is 0 Å². The SMILES string of the molecule is CC(=O)Nc1cccc(NC(=O)COC(=O)CCSc2ccc(Cl)cc2)c1. The molecule has 0 aliphatic carbocycles. The molecule has 2 N–H and O–H groups in total. The Bertz CT molecular complexity index is 812. The van der Waals surface area contributed by atoms with Crippen LogP contribution < -0.4 is 10.6 Å². The average molecular weight is 407 g/mol. The van der Waals surface area contributed by atoms with E-state index < -0.39 is 11.9 Å². The lowest BCUT2D eigenvalue weighted by Crippen LogP contribution is -2.21. The number of hydrogen-bond donors (Lipinski definition) is 2. The van der Waals surface area contributed by atoms with Gasteiger partial charge in [0.1, 0.15) is 0 Å². The molecule has 0 aromatic heterocycles. The van der Waals surface area contributed by atoms with Crippen molar-refractivity contribution < 1.29 is 19.1 Å². The molecular weight excluding hydrogens is 388 g/mol. The predicted octanol–water partition coefficient (Wildman–Crippen LogP) is 3.96. The summed E-state index contributed by atoms with van der Waals surface area (Å²) in [5.74, 6) is -0.558. The molecular formula is C19H19ClN2O4S. The van der Waals surface area contributed by atoms with Crippen LogP contribution in [-0.4, -0.2) is 30.1 Å². The molecule has 0 radical (unpaired) electrons. The van der Waals surface area contributed by atoms with E-state index >= 15 is 0 Å². The van der Waals surface area contributed by atoms with Crippen LogP contribution in [0.15, 0.2) is 53.4 Å². The predicted molar refractivity (Wildman–Crippen MR) is 107 cm³/mol. The fraction of sp³-hybridized carbons (Fsp3) is 0.211. The number of thioether (sulfide) groups is 1. The lowest BCUT2D eigenvalue weighted by Gasteiger charge is -2.08. The second-order valence-corrected chi connectivity index (χ2v) is 7.13. The summed E-state index contributed by atoms with van der Waals surface area (Å²) in [6.07, 6.45) is 0.193. The fourth-order valence-electron chi connectivity index (χ4n) is 2.08. The largest absolute Gasteiger partial charge is 0.456 e. The summed E-state index contributed by atoms with van der Waals surface area (Å²) >= 11 is 7.32. The molecule has 0 fully saturated rings. The minimum atomic E-state index is -0.450. The van der Waals surface area contributed by atoms with E-state index in [2.05, 4.69) is 10.6 Å². The van der Waals surface area contributed by atoms with E-state index in [1.165, 1.54) is 18.7 Å². The van der Waals surface area contributed by atoms with E-state index in [4.69, 9.17) is 16.3 Å². The molecule has 2 aromatic rings. The molecule has 0 unspecified atom stereocenters. The maximum absolute atomic E-state index is 11.9. The topological polar surface area (TPSA) is 84.5 Å². The van der Waals surface area contributed by atoms with Gasteiger partial charge >= 0.3 is 5.97 Å². The summed E-state index contributed by atoms with van der Waals surface area (Å²) in [7, 11) is 0. The summed E-state index contributed by atoms with van der Waals surface area (Å²) in [6, 6.07) is 14.0. The van der Waals surface area contributed by atoms with Crippen molar-refractivity contribution in [3.05, 3.63) is 53.6 Å². The molecule has 0 bridgehead atoms. The van der Waals surface area contributed by atoms with E-state index in [9.17, 15) is 14.4 Å². The number of amides is 2. The van der Waals surface area contributed by atoms with Gasteiger partial charge < -0.3 is 15.4 Å². The average Bonchev–Trinajstić information content (AvgIpc) is 2.61. The number of rotatable bonds is 8. The molecule has 8 heteroatoms. The third kappa shape index (κ3) is 8.15. The van der Waals surface area contributed by atoms with Gasteiger partial charge in [0.25, 0.3) is 5.91 Å². The molecule has 6 nitrogen and oxygen atoms in total. The van der Waals surface area contributed by atoms with Gasteiger partial charge in [-0.3, -0.25) is 14.4 Å². The lowest BCUT2D eigenvalue weighted by atomic mass is 10.2. The molecule has 2 rings (SSSR count). The van der Waals surface area contributed by atoms with Crippen molar-refractivity contribution in [1.82, 2.24) is 0 Å². The maximum Gasteiger partial charge on any atom is 0.307 e. The number of benzene rings is 2. The van der Waals surface area contributed by atoms with Crippen LogP contribution in [0.25, 0.3) is 0 Å². The van der Waals surface area contributed by atoms with Crippen molar-refractivity contribution in [1.29, 1.82) is 0 Å². The minimum Gasteiger partial charge on any atom is -0.456 e. The molecule has 142 valence electrons. The first-order valence-electron chi connectivity index (χ1n) is 8.14. The summed E-state index contributed by atoms with van der Waals surface area (Å²) < 4.78 is 4.97. The zero-order valence-electron chi connectivity index (χ0n) is 14.7. The van der Waals surface area contributed by atoms with Crippen LogP contribution in [0.1, 0.15) is 13.3 Å². The standard InChI is InChI=1S/C19H19ClN2O4S/c1-13(23)21-15-3-2-4-16(11-15)22-18(24)12-26-19(25)9-10-27-17-7-5-14(20)6-8-17/h2-8,11H,9-10,12H2,1H3,(H,21,23)(H,22,24). The van der Waals surface area contributed by atoms with Gasteiger partial charge in [-0.05, 0) is 42.5 Å². The van der Waals surface area contributed by atoms with Gasteiger partial charge in [-0.1, -0.05) is 17.7 Å². The highest BCUT2D eigenvalue weighted by Gasteiger charge is 2.09. The molecule has 27 heavy (non-hydrogen) atoms. The maximum atomic E-state index is 11.9. The number of halogens is 1. The Morgan fingerprint density at radius 3 is 2.37 bits per heavy atom. The van der Waals surface area contributed by atoms with Crippen LogP contribution in [0.3, 0.4) is 0 Å². The van der Waals surface area contributed by atoms with Crippen LogP contribution >= 0.6 is 23.4 Å². The second kappa shape index (κ2) is 10.6. The van der Waals surface area contributed by atoms with E-state index in [-0.39, 0.29) is 18.9 Å². The molecule has 0 atom stereocenters. The monoisotopic (exact) mass is 406 g/mol. The quantitative estimate of drug-likeness (QED) is 0.512. The molecule has 2 amide bonds. The smallest absolute Gasteiger partial charge is 0.307 e. The fourth-order valence-corrected chi connectivity index (χ4v) is 3.04. The summed E-state index contributed by atoms with van der Waals surface area (Å²) in [4.78, 5) is 35.7. The van der Waals surface area contributed by atoms with Crippen molar-refractivity contribution in [2.45, 2.75) is 18.2 Å². The van der Waals surface area contributed by atoms with Crippen molar-refractivity contribution in [2.75, 3.05) is 23.0 Å². The van der Waals surface area contributed by atoms with Crippen molar-refractivity contribution >= 4 is 52.5 Å². The van der Waals surface area contributed by atoms with Crippen LogP contribution in [0.2, 0.25) is 5.02 Å². The molecule has 0 aliphatic rings. The Hall–Kier alpha value is -2.51. The zero-order valence-corrected chi connectivity index (χ0v) is 16.2. The third-order valence-corrected chi connectivity index (χ3v) is 4.49. The van der Waals surface area contributed by atoms with Crippen molar-refractivity contribution in [2.24, 2.45) is 0 Å². The summed E-state index contributed by atoms with van der Waals surface area (Å²) in [5, 5.41) is 5.90. The Labute approximate surface area is 166 Å². The first kappa shape index (κ1) is 20.8. The van der Waals surface area contributed by atoms with Gasteiger partial charge in [-0.2, -0.15) is 0 Å². The Balaban J connectivity index is 1.69. The van der Waals surface area contributed by atoms with Crippen LogP contribution in [-0.2, 0) is 19.1 Å².